The minimum atomic E-state index is -0.492. The maximum absolute atomic E-state index is 13.6. The van der Waals surface area contributed by atoms with Gasteiger partial charge in [-0.05, 0) is 38.3 Å². The number of carbonyl (C=O) groups excluding carboxylic acids is 2. The standard InChI is InChI=1S/C20H23FN4O3/c1-14-11-23-17(12-22-14)20(27)24-15-5-4-9-25(10-8-15)19(26)13-28-18-7-3-2-6-16(18)21/h2-3,6-7,11-12,15H,4-5,8-10,13H2,1H3,(H,24,27)/t15-/m0/s1. The van der Waals surface area contributed by atoms with Gasteiger partial charge in [-0.15, -0.1) is 0 Å². The van der Waals surface area contributed by atoms with E-state index < -0.39 is 5.82 Å². The second kappa shape index (κ2) is 9.25. The predicted molar refractivity (Wildman–Crippen MR) is 100 cm³/mol. The smallest absolute Gasteiger partial charge is 0.271 e. The van der Waals surface area contributed by atoms with Gasteiger partial charge in [0.1, 0.15) is 5.69 Å². The van der Waals surface area contributed by atoms with Crippen molar-refractivity contribution < 1.29 is 18.7 Å². The molecule has 7 nitrogen and oxygen atoms in total. The number of ether oxygens (including phenoxy) is 1. The second-order valence-electron chi connectivity index (χ2n) is 6.74. The molecular formula is C20H23FN4O3. The van der Waals surface area contributed by atoms with Crippen LogP contribution in [0.4, 0.5) is 4.39 Å². The Hall–Kier alpha value is -3.03. The van der Waals surface area contributed by atoms with Crippen molar-refractivity contribution in [3.05, 3.63) is 53.9 Å². The Morgan fingerprint density at radius 2 is 2.04 bits per heavy atom. The van der Waals surface area contributed by atoms with E-state index in [4.69, 9.17) is 4.74 Å². The molecule has 28 heavy (non-hydrogen) atoms. The van der Waals surface area contributed by atoms with E-state index in [1.54, 1.807) is 23.2 Å². The monoisotopic (exact) mass is 386 g/mol. The fourth-order valence-corrected chi connectivity index (χ4v) is 3.05. The predicted octanol–water partition coefficient (Wildman–Crippen LogP) is 2.11. The summed E-state index contributed by atoms with van der Waals surface area (Å²) in [4.78, 5) is 34.5. The Morgan fingerprint density at radius 1 is 1.21 bits per heavy atom. The summed E-state index contributed by atoms with van der Waals surface area (Å²) < 4.78 is 18.9. The summed E-state index contributed by atoms with van der Waals surface area (Å²) in [6, 6.07) is 5.96. The molecule has 1 aliphatic rings. The Labute approximate surface area is 162 Å². The van der Waals surface area contributed by atoms with Crippen LogP contribution in [0.2, 0.25) is 0 Å². The summed E-state index contributed by atoms with van der Waals surface area (Å²) in [6.07, 6.45) is 5.17. The van der Waals surface area contributed by atoms with Gasteiger partial charge in [0, 0.05) is 25.3 Å². The summed E-state index contributed by atoms with van der Waals surface area (Å²) in [6.45, 7) is 2.68. The van der Waals surface area contributed by atoms with Crippen molar-refractivity contribution in [2.45, 2.75) is 32.2 Å². The van der Waals surface area contributed by atoms with Gasteiger partial charge in [0.15, 0.2) is 18.2 Å². The first kappa shape index (κ1) is 19.7. The van der Waals surface area contributed by atoms with Crippen molar-refractivity contribution in [1.82, 2.24) is 20.2 Å². The van der Waals surface area contributed by atoms with Crippen LogP contribution in [0.25, 0.3) is 0 Å². The van der Waals surface area contributed by atoms with Crippen molar-refractivity contribution in [2.75, 3.05) is 19.7 Å². The Morgan fingerprint density at radius 3 is 2.79 bits per heavy atom. The molecule has 0 spiro atoms. The van der Waals surface area contributed by atoms with E-state index in [9.17, 15) is 14.0 Å². The molecule has 1 saturated heterocycles. The molecule has 1 fully saturated rings. The van der Waals surface area contributed by atoms with E-state index in [2.05, 4.69) is 15.3 Å². The minimum absolute atomic E-state index is 0.0408. The maximum Gasteiger partial charge on any atom is 0.271 e. The number of para-hydroxylation sites is 1. The number of benzene rings is 1. The molecule has 0 saturated carbocycles. The largest absolute Gasteiger partial charge is 0.481 e. The summed E-state index contributed by atoms with van der Waals surface area (Å²) in [5.41, 5.74) is 1.03. The molecule has 2 heterocycles. The van der Waals surface area contributed by atoms with Gasteiger partial charge in [0.25, 0.3) is 11.8 Å². The summed E-state index contributed by atoms with van der Waals surface area (Å²) in [5, 5.41) is 2.96. The number of hydrogen-bond acceptors (Lipinski definition) is 5. The van der Waals surface area contributed by atoms with Crippen LogP contribution in [0.15, 0.2) is 36.7 Å². The van der Waals surface area contributed by atoms with Crippen LogP contribution < -0.4 is 10.1 Å². The van der Waals surface area contributed by atoms with Crippen LogP contribution in [-0.4, -0.2) is 52.4 Å². The summed E-state index contributed by atoms with van der Waals surface area (Å²) in [7, 11) is 0. The molecule has 1 aliphatic heterocycles. The highest BCUT2D eigenvalue weighted by atomic mass is 19.1. The van der Waals surface area contributed by atoms with Crippen molar-refractivity contribution in [1.29, 1.82) is 0 Å². The van der Waals surface area contributed by atoms with Gasteiger partial charge in [-0.25, -0.2) is 9.37 Å². The third kappa shape index (κ3) is 5.25. The molecule has 1 atom stereocenters. The quantitative estimate of drug-likeness (QED) is 0.851. The number of rotatable bonds is 5. The van der Waals surface area contributed by atoms with Gasteiger partial charge in [0.05, 0.1) is 11.9 Å². The zero-order valence-corrected chi connectivity index (χ0v) is 15.7. The first-order valence-electron chi connectivity index (χ1n) is 9.27. The number of halogens is 1. The van der Waals surface area contributed by atoms with Gasteiger partial charge in [0.2, 0.25) is 0 Å². The number of aryl methyl sites for hydroxylation is 1. The van der Waals surface area contributed by atoms with Crippen LogP contribution in [0.5, 0.6) is 5.75 Å². The molecule has 1 aromatic heterocycles. The van der Waals surface area contributed by atoms with Gasteiger partial charge in [-0.2, -0.15) is 0 Å². The average molecular weight is 386 g/mol. The Bertz CT molecular complexity index is 828. The second-order valence-corrected chi connectivity index (χ2v) is 6.74. The van der Waals surface area contributed by atoms with Crippen LogP contribution in [-0.2, 0) is 4.79 Å². The minimum Gasteiger partial charge on any atom is -0.481 e. The molecule has 2 amide bonds. The zero-order valence-electron chi connectivity index (χ0n) is 15.7. The molecule has 3 rings (SSSR count). The number of aromatic nitrogens is 2. The van der Waals surface area contributed by atoms with E-state index in [1.807, 2.05) is 6.92 Å². The Kier molecular flexibility index (Phi) is 6.52. The first-order valence-corrected chi connectivity index (χ1v) is 9.27. The molecule has 0 aliphatic carbocycles. The van der Waals surface area contributed by atoms with Crippen molar-refractivity contribution in [2.24, 2.45) is 0 Å². The molecule has 148 valence electrons. The molecule has 1 aromatic carbocycles. The molecule has 0 radical (unpaired) electrons. The lowest BCUT2D eigenvalue weighted by atomic mass is 10.1. The van der Waals surface area contributed by atoms with Gasteiger partial charge < -0.3 is 15.0 Å². The maximum atomic E-state index is 13.6. The third-order valence-corrected chi connectivity index (χ3v) is 4.62. The molecule has 0 unspecified atom stereocenters. The number of nitrogens with zero attached hydrogens (tertiary/aromatic N) is 3. The van der Waals surface area contributed by atoms with Crippen LogP contribution >= 0.6 is 0 Å². The molecule has 1 N–H and O–H groups in total. The topological polar surface area (TPSA) is 84.4 Å². The first-order chi connectivity index (χ1) is 13.5. The van der Waals surface area contributed by atoms with Gasteiger partial charge >= 0.3 is 0 Å². The van der Waals surface area contributed by atoms with Crippen LogP contribution in [0.3, 0.4) is 0 Å². The normalized spacial score (nSPS) is 16.9. The zero-order chi connectivity index (χ0) is 19.9. The number of carbonyl (C=O) groups is 2. The number of nitrogens with one attached hydrogen (secondary N) is 1. The molecule has 2 aromatic rings. The van der Waals surface area contributed by atoms with E-state index in [0.717, 1.165) is 18.5 Å². The highest BCUT2D eigenvalue weighted by molar-refractivity contribution is 5.92. The van der Waals surface area contributed by atoms with Gasteiger partial charge in [-0.3, -0.25) is 14.6 Å². The SMILES string of the molecule is Cc1cnc(C(=O)N[C@H]2CCCN(C(=O)COc3ccccc3F)CC2)cn1. The summed E-state index contributed by atoms with van der Waals surface area (Å²) in [5.74, 6) is -0.886. The average Bonchev–Trinajstić information content (AvgIpc) is 2.93. The lowest BCUT2D eigenvalue weighted by molar-refractivity contribution is -0.133. The van der Waals surface area contributed by atoms with Gasteiger partial charge in [-0.1, -0.05) is 12.1 Å². The fraction of sp³-hybridized carbons (Fsp3) is 0.400. The third-order valence-electron chi connectivity index (χ3n) is 4.62. The van der Waals surface area contributed by atoms with E-state index in [1.165, 1.54) is 18.3 Å². The highest BCUT2D eigenvalue weighted by Crippen LogP contribution is 2.16. The highest BCUT2D eigenvalue weighted by Gasteiger charge is 2.23. The van der Waals surface area contributed by atoms with Crippen LogP contribution in [0, 0.1) is 12.7 Å². The number of amides is 2. The van der Waals surface area contributed by atoms with Crippen molar-refractivity contribution >= 4 is 11.8 Å². The van der Waals surface area contributed by atoms with Crippen LogP contribution in [0.1, 0.15) is 35.4 Å². The molecule has 0 bridgehead atoms. The lowest BCUT2D eigenvalue weighted by Crippen LogP contribution is -2.38. The van der Waals surface area contributed by atoms with E-state index in [0.29, 0.717) is 19.5 Å². The fourth-order valence-electron chi connectivity index (χ4n) is 3.05. The number of hydrogen-bond donors (Lipinski definition) is 1. The van der Waals surface area contributed by atoms with Crippen molar-refractivity contribution in [3.8, 4) is 5.75 Å². The number of likely N-dealkylation sites (tertiary alicyclic amines) is 1. The molecule has 8 heteroatoms. The van der Waals surface area contributed by atoms with Crippen molar-refractivity contribution in [3.63, 3.8) is 0 Å². The Balaban J connectivity index is 1.48. The summed E-state index contributed by atoms with van der Waals surface area (Å²) >= 11 is 0. The molecular weight excluding hydrogens is 363 g/mol. The lowest BCUT2D eigenvalue weighted by Gasteiger charge is -2.21. The van der Waals surface area contributed by atoms with E-state index >= 15 is 0 Å². The van der Waals surface area contributed by atoms with E-state index in [-0.39, 0.29) is 35.9 Å².